The predicted molar refractivity (Wildman–Crippen MR) is 75.8 cm³/mol. The van der Waals surface area contributed by atoms with E-state index in [9.17, 15) is 9.59 Å². The van der Waals surface area contributed by atoms with Crippen LogP contribution in [0.1, 0.15) is 23.2 Å². The third kappa shape index (κ3) is 3.26. The number of benzene rings is 1. The standard InChI is InChI=1S/C15H19NO5/c1-20-12-6-5-10(8-13(12)21-2)14(17)16-7-3-4-11(9-16)15(18)19/h5-6,8,11H,3-4,7,9H2,1-2H3,(H,18,19)/t11-/m0/s1. The molecule has 1 aliphatic rings. The number of amides is 1. The monoisotopic (exact) mass is 293 g/mol. The van der Waals surface area contributed by atoms with Crippen LogP contribution in [0, 0.1) is 5.92 Å². The Hall–Kier alpha value is -2.24. The van der Waals surface area contributed by atoms with Crippen molar-refractivity contribution in [3.05, 3.63) is 23.8 Å². The molecule has 1 heterocycles. The predicted octanol–water partition coefficient (Wildman–Crippen LogP) is 1.64. The third-order valence-corrected chi connectivity index (χ3v) is 3.69. The van der Waals surface area contributed by atoms with Crippen LogP contribution < -0.4 is 9.47 Å². The number of rotatable bonds is 4. The first-order chi connectivity index (χ1) is 10.1. The molecule has 114 valence electrons. The van der Waals surface area contributed by atoms with Crippen molar-refractivity contribution in [1.82, 2.24) is 4.90 Å². The van der Waals surface area contributed by atoms with Crippen LogP contribution in [-0.2, 0) is 4.79 Å². The van der Waals surface area contributed by atoms with Crippen LogP contribution in [0.3, 0.4) is 0 Å². The molecule has 1 fully saturated rings. The van der Waals surface area contributed by atoms with Crippen molar-refractivity contribution in [2.75, 3.05) is 27.3 Å². The first-order valence-electron chi connectivity index (χ1n) is 6.81. The minimum atomic E-state index is -0.847. The SMILES string of the molecule is COc1ccc(C(=O)N2CCC[C@H](C(=O)O)C2)cc1OC. The summed E-state index contributed by atoms with van der Waals surface area (Å²) >= 11 is 0. The van der Waals surface area contributed by atoms with E-state index in [4.69, 9.17) is 14.6 Å². The highest BCUT2D eigenvalue weighted by Gasteiger charge is 2.28. The number of carbonyl (C=O) groups excluding carboxylic acids is 1. The number of carboxylic acid groups (broad SMARTS) is 1. The van der Waals surface area contributed by atoms with Gasteiger partial charge in [0.25, 0.3) is 5.91 Å². The number of carboxylic acids is 1. The van der Waals surface area contributed by atoms with E-state index < -0.39 is 11.9 Å². The minimum Gasteiger partial charge on any atom is -0.493 e. The maximum absolute atomic E-state index is 12.5. The largest absolute Gasteiger partial charge is 0.493 e. The maximum atomic E-state index is 12.5. The van der Waals surface area contributed by atoms with Gasteiger partial charge in [-0.15, -0.1) is 0 Å². The first kappa shape index (κ1) is 15.2. The Morgan fingerprint density at radius 2 is 1.95 bits per heavy atom. The summed E-state index contributed by atoms with van der Waals surface area (Å²) in [5.41, 5.74) is 0.471. The molecule has 1 N–H and O–H groups in total. The number of methoxy groups -OCH3 is 2. The molecule has 0 spiro atoms. The van der Waals surface area contributed by atoms with E-state index in [-0.39, 0.29) is 12.5 Å². The summed E-state index contributed by atoms with van der Waals surface area (Å²) < 4.78 is 10.3. The molecule has 0 saturated carbocycles. The average Bonchev–Trinajstić information content (AvgIpc) is 2.53. The molecule has 1 saturated heterocycles. The number of aliphatic carboxylic acids is 1. The Morgan fingerprint density at radius 1 is 1.24 bits per heavy atom. The Kier molecular flexibility index (Phi) is 4.67. The van der Waals surface area contributed by atoms with Gasteiger partial charge in [0.1, 0.15) is 0 Å². The number of hydrogen-bond acceptors (Lipinski definition) is 4. The lowest BCUT2D eigenvalue weighted by Crippen LogP contribution is -2.42. The van der Waals surface area contributed by atoms with Gasteiger partial charge in [0.05, 0.1) is 20.1 Å². The van der Waals surface area contributed by atoms with Gasteiger partial charge in [-0.05, 0) is 31.0 Å². The van der Waals surface area contributed by atoms with Gasteiger partial charge in [-0.2, -0.15) is 0 Å². The first-order valence-corrected chi connectivity index (χ1v) is 6.81. The van der Waals surface area contributed by atoms with E-state index in [0.717, 1.165) is 0 Å². The number of hydrogen-bond donors (Lipinski definition) is 1. The Bertz CT molecular complexity index is 543. The maximum Gasteiger partial charge on any atom is 0.308 e. The number of nitrogens with zero attached hydrogens (tertiary/aromatic N) is 1. The smallest absolute Gasteiger partial charge is 0.308 e. The highest BCUT2D eigenvalue weighted by molar-refractivity contribution is 5.95. The second-order valence-electron chi connectivity index (χ2n) is 5.00. The van der Waals surface area contributed by atoms with E-state index in [1.807, 2.05) is 0 Å². The van der Waals surface area contributed by atoms with E-state index in [1.165, 1.54) is 14.2 Å². The fraction of sp³-hybridized carbons (Fsp3) is 0.467. The highest BCUT2D eigenvalue weighted by Crippen LogP contribution is 2.28. The van der Waals surface area contributed by atoms with Crippen LogP contribution in [-0.4, -0.2) is 49.2 Å². The molecule has 6 nitrogen and oxygen atoms in total. The van der Waals surface area contributed by atoms with Gasteiger partial charge in [-0.25, -0.2) is 0 Å². The van der Waals surface area contributed by atoms with Crippen LogP contribution >= 0.6 is 0 Å². The zero-order valence-corrected chi connectivity index (χ0v) is 12.2. The van der Waals surface area contributed by atoms with Crippen LogP contribution in [0.2, 0.25) is 0 Å². The molecular weight excluding hydrogens is 274 g/mol. The number of carbonyl (C=O) groups is 2. The molecule has 0 aliphatic carbocycles. The van der Waals surface area contributed by atoms with Gasteiger partial charge in [-0.3, -0.25) is 9.59 Å². The van der Waals surface area contributed by atoms with Crippen LogP contribution in [0.25, 0.3) is 0 Å². The molecule has 21 heavy (non-hydrogen) atoms. The number of piperidine rings is 1. The topological polar surface area (TPSA) is 76.1 Å². The van der Waals surface area contributed by atoms with E-state index in [0.29, 0.717) is 36.4 Å². The molecular formula is C15H19NO5. The fourth-order valence-electron chi connectivity index (χ4n) is 2.52. The highest BCUT2D eigenvalue weighted by atomic mass is 16.5. The van der Waals surface area contributed by atoms with Crippen molar-refractivity contribution in [2.24, 2.45) is 5.92 Å². The van der Waals surface area contributed by atoms with Crippen molar-refractivity contribution in [2.45, 2.75) is 12.8 Å². The van der Waals surface area contributed by atoms with E-state index in [1.54, 1.807) is 23.1 Å². The van der Waals surface area contributed by atoms with Crippen molar-refractivity contribution >= 4 is 11.9 Å². The summed E-state index contributed by atoms with van der Waals surface area (Å²) in [7, 11) is 3.04. The Balaban J connectivity index is 2.17. The summed E-state index contributed by atoms with van der Waals surface area (Å²) in [4.78, 5) is 25.1. The van der Waals surface area contributed by atoms with Gasteiger partial charge in [0.15, 0.2) is 11.5 Å². The zero-order chi connectivity index (χ0) is 15.4. The van der Waals surface area contributed by atoms with Crippen molar-refractivity contribution in [1.29, 1.82) is 0 Å². The normalized spacial score (nSPS) is 18.2. The molecule has 1 aromatic carbocycles. The minimum absolute atomic E-state index is 0.179. The van der Waals surface area contributed by atoms with Gasteiger partial charge in [0.2, 0.25) is 0 Å². The molecule has 6 heteroatoms. The average molecular weight is 293 g/mol. The summed E-state index contributed by atoms with van der Waals surface area (Å²) in [6.45, 7) is 0.833. The van der Waals surface area contributed by atoms with E-state index in [2.05, 4.69) is 0 Å². The third-order valence-electron chi connectivity index (χ3n) is 3.69. The lowest BCUT2D eigenvalue weighted by atomic mass is 9.97. The van der Waals surface area contributed by atoms with Crippen LogP contribution in [0.5, 0.6) is 11.5 Å². The van der Waals surface area contributed by atoms with E-state index >= 15 is 0 Å². The van der Waals surface area contributed by atoms with Gasteiger partial charge >= 0.3 is 5.97 Å². The van der Waals surface area contributed by atoms with Crippen molar-refractivity contribution in [3.8, 4) is 11.5 Å². The molecule has 1 aromatic rings. The number of ether oxygens (including phenoxy) is 2. The van der Waals surface area contributed by atoms with Crippen LogP contribution in [0.15, 0.2) is 18.2 Å². The molecule has 0 unspecified atom stereocenters. The van der Waals surface area contributed by atoms with Gasteiger partial charge < -0.3 is 19.5 Å². The summed E-state index contributed by atoms with van der Waals surface area (Å²) in [5, 5.41) is 9.08. The summed E-state index contributed by atoms with van der Waals surface area (Å²) in [6.07, 6.45) is 1.32. The van der Waals surface area contributed by atoms with Gasteiger partial charge in [0, 0.05) is 18.7 Å². The molecule has 1 amide bonds. The Labute approximate surface area is 123 Å². The number of likely N-dealkylation sites (tertiary alicyclic amines) is 1. The molecule has 2 rings (SSSR count). The molecule has 1 atom stereocenters. The van der Waals surface area contributed by atoms with Crippen molar-refractivity contribution < 1.29 is 24.2 Å². The summed E-state index contributed by atoms with van der Waals surface area (Å²) in [5.74, 6) is -0.476. The lowest BCUT2D eigenvalue weighted by molar-refractivity contribution is -0.143. The second kappa shape index (κ2) is 6.47. The van der Waals surface area contributed by atoms with Crippen molar-refractivity contribution in [3.63, 3.8) is 0 Å². The van der Waals surface area contributed by atoms with Gasteiger partial charge in [-0.1, -0.05) is 0 Å². The quantitative estimate of drug-likeness (QED) is 0.913. The molecule has 0 radical (unpaired) electrons. The summed E-state index contributed by atoms with van der Waals surface area (Å²) in [6, 6.07) is 4.95. The molecule has 1 aliphatic heterocycles. The fourth-order valence-corrected chi connectivity index (χ4v) is 2.52. The zero-order valence-electron chi connectivity index (χ0n) is 12.2. The molecule has 0 bridgehead atoms. The van der Waals surface area contributed by atoms with Crippen LogP contribution in [0.4, 0.5) is 0 Å². The Morgan fingerprint density at radius 3 is 2.57 bits per heavy atom. The second-order valence-corrected chi connectivity index (χ2v) is 5.00. The molecule has 0 aromatic heterocycles. The lowest BCUT2D eigenvalue weighted by Gasteiger charge is -2.30.